The number of hydrogen-bond donors (Lipinski definition) is 1. The molecule has 1 aliphatic heterocycles. The summed E-state index contributed by atoms with van der Waals surface area (Å²) < 4.78 is 13.7. The second-order valence-electron chi connectivity index (χ2n) is 3.58. The van der Waals surface area contributed by atoms with Gasteiger partial charge < -0.3 is 4.90 Å². The molecule has 0 radical (unpaired) electrons. The average Bonchev–Trinajstić information content (AvgIpc) is 2.51. The number of carbonyl (C=O) groups is 1. The van der Waals surface area contributed by atoms with E-state index < -0.39 is 5.82 Å². The fraction of sp³-hybridized carbons (Fsp3) is 0.300. The van der Waals surface area contributed by atoms with Gasteiger partial charge in [-0.2, -0.15) is 12.6 Å². The highest BCUT2D eigenvalue weighted by Gasteiger charge is 2.30. The second-order valence-corrected chi connectivity index (χ2v) is 5.57. The molecule has 1 aliphatic rings. The Bertz CT molecular complexity index is 457. The van der Waals surface area contributed by atoms with Gasteiger partial charge in [0, 0.05) is 24.3 Å². The van der Waals surface area contributed by atoms with Crippen LogP contribution >= 0.6 is 40.2 Å². The summed E-state index contributed by atoms with van der Waals surface area (Å²) in [5.41, 5.74) is 0.406. The van der Waals surface area contributed by atoms with Crippen LogP contribution in [0.2, 0.25) is 5.02 Å². The molecule has 0 bridgehead atoms. The number of anilines is 1. The lowest BCUT2D eigenvalue weighted by atomic mass is 10.3. The Hall–Kier alpha value is -0.260. The zero-order valence-corrected chi connectivity index (χ0v) is 11.3. The van der Waals surface area contributed by atoms with E-state index in [0.29, 0.717) is 23.7 Å². The first kappa shape index (κ1) is 12.2. The summed E-state index contributed by atoms with van der Waals surface area (Å²) in [5, 5.41) is 0.333. The molecule has 0 spiro atoms. The van der Waals surface area contributed by atoms with E-state index in [1.807, 2.05) is 0 Å². The van der Waals surface area contributed by atoms with Crippen molar-refractivity contribution >= 4 is 51.8 Å². The van der Waals surface area contributed by atoms with E-state index in [1.165, 1.54) is 17.0 Å². The molecule has 0 aliphatic carbocycles. The van der Waals surface area contributed by atoms with Crippen LogP contribution in [0.15, 0.2) is 16.6 Å². The predicted molar refractivity (Wildman–Crippen MR) is 68.9 cm³/mol. The third-order valence-corrected chi connectivity index (χ3v) is 3.64. The lowest BCUT2D eigenvalue weighted by Gasteiger charge is -2.18. The molecule has 0 aromatic heterocycles. The molecular weight excluding hydrogens is 317 g/mol. The molecule has 1 aromatic rings. The van der Waals surface area contributed by atoms with Gasteiger partial charge in [0.1, 0.15) is 5.82 Å². The molecular formula is C10H8BrClFNOS. The zero-order chi connectivity index (χ0) is 11.9. The maximum Gasteiger partial charge on any atom is 0.228 e. The number of hydrogen-bond acceptors (Lipinski definition) is 2. The molecule has 2 rings (SSSR count). The number of benzene rings is 1. The van der Waals surface area contributed by atoms with Crippen molar-refractivity contribution in [3.8, 4) is 0 Å². The Morgan fingerprint density at radius 2 is 2.25 bits per heavy atom. The maximum atomic E-state index is 13.4. The van der Waals surface area contributed by atoms with Crippen LogP contribution in [0.5, 0.6) is 0 Å². The van der Waals surface area contributed by atoms with E-state index >= 15 is 0 Å². The summed E-state index contributed by atoms with van der Waals surface area (Å²) >= 11 is 13.2. The second kappa shape index (κ2) is 4.55. The Balaban J connectivity index is 2.41. The van der Waals surface area contributed by atoms with E-state index in [4.69, 9.17) is 11.6 Å². The number of halogens is 3. The molecule has 6 heteroatoms. The highest BCUT2D eigenvalue weighted by molar-refractivity contribution is 9.10. The Kier molecular flexibility index (Phi) is 3.47. The normalized spacial score (nSPS) is 20.6. The highest BCUT2D eigenvalue weighted by Crippen LogP contribution is 2.34. The third kappa shape index (κ3) is 2.21. The van der Waals surface area contributed by atoms with Crippen LogP contribution in [-0.2, 0) is 4.79 Å². The maximum absolute atomic E-state index is 13.4. The summed E-state index contributed by atoms with van der Waals surface area (Å²) in [6.45, 7) is 0.461. The van der Waals surface area contributed by atoms with Crippen LogP contribution in [0, 0.1) is 5.82 Å². The minimum absolute atomic E-state index is 0.0183. The van der Waals surface area contributed by atoms with Gasteiger partial charge >= 0.3 is 0 Å². The molecule has 1 unspecified atom stereocenters. The predicted octanol–water partition coefficient (Wildman–Crippen LogP) is 3.28. The highest BCUT2D eigenvalue weighted by atomic mass is 79.9. The SMILES string of the molecule is O=C1CC(S)CN1c1cc(F)c(Br)cc1Cl. The van der Waals surface area contributed by atoms with Crippen LogP contribution in [0.1, 0.15) is 6.42 Å². The van der Waals surface area contributed by atoms with Crippen molar-refractivity contribution in [2.75, 3.05) is 11.4 Å². The number of amides is 1. The van der Waals surface area contributed by atoms with Crippen LogP contribution in [-0.4, -0.2) is 17.7 Å². The lowest BCUT2D eigenvalue weighted by Crippen LogP contribution is -2.25. The van der Waals surface area contributed by atoms with Crippen molar-refractivity contribution in [1.82, 2.24) is 0 Å². The van der Waals surface area contributed by atoms with E-state index in [1.54, 1.807) is 0 Å². The van der Waals surface area contributed by atoms with Gasteiger partial charge in [-0.05, 0) is 22.0 Å². The van der Waals surface area contributed by atoms with Gasteiger partial charge in [-0.1, -0.05) is 11.6 Å². The molecule has 1 amide bonds. The third-order valence-electron chi connectivity index (χ3n) is 2.39. The van der Waals surface area contributed by atoms with E-state index in [-0.39, 0.29) is 15.6 Å². The number of rotatable bonds is 1. The number of thiol groups is 1. The zero-order valence-electron chi connectivity index (χ0n) is 8.08. The molecule has 1 heterocycles. The van der Waals surface area contributed by atoms with Crippen molar-refractivity contribution in [1.29, 1.82) is 0 Å². The van der Waals surface area contributed by atoms with Gasteiger partial charge in [0.25, 0.3) is 0 Å². The van der Waals surface area contributed by atoms with Crippen LogP contribution < -0.4 is 4.90 Å². The lowest BCUT2D eigenvalue weighted by molar-refractivity contribution is -0.117. The molecule has 1 fully saturated rings. The summed E-state index contributed by atoms with van der Waals surface area (Å²) in [5.74, 6) is -0.515. The Labute approximate surface area is 111 Å². The Morgan fingerprint density at radius 1 is 1.56 bits per heavy atom. The smallest absolute Gasteiger partial charge is 0.228 e. The molecule has 0 N–H and O–H groups in total. The van der Waals surface area contributed by atoms with Crippen molar-refractivity contribution in [3.63, 3.8) is 0 Å². The summed E-state index contributed by atoms with van der Waals surface area (Å²) in [6, 6.07) is 2.71. The summed E-state index contributed by atoms with van der Waals surface area (Å²) in [7, 11) is 0. The van der Waals surface area contributed by atoms with Gasteiger partial charge in [-0.25, -0.2) is 4.39 Å². The summed E-state index contributed by atoms with van der Waals surface area (Å²) in [6.07, 6.45) is 0.358. The molecule has 2 nitrogen and oxygen atoms in total. The largest absolute Gasteiger partial charge is 0.310 e. The Morgan fingerprint density at radius 3 is 2.81 bits per heavy atom. The van der Waals surface area contributed by atoms with Crippen LogP contribution in [0.25, 0.3) is 0 Å². The van der Waals surface area contributed by atoms with E-state index in [0.717, 1.165) is 0 Å². The summed E-state index contributed by atoms with van der Waals surface area (Å²) in [4.78, 5) is 13.1. The molecule has 1 atom stereocenters. The quantitative estimate of drug-likeness (QED) is 0.621. The van der Waals surface area contributed by atoms with Crippen LogP contribution in [0.3, 0.4) is 0 Å². The first-order chi connectivity index (χ1) is 7.49. The van der Waals surface area contributed by atoms with Gasteiger partial charge in [0.15, 0.2) is 0 Å². The molecule has 1 saturated heterocycles. The molecule has 16 heavy (non-hydrogen) atoms. The monoisotopic (exact) mass is 323 g/mol. The van der Waals surface area contributed by atoms with Gasteiger partial charge in [-0.3, -0.25) is 4.79 Å². The fourth-order valence-corrected chi connectivity index (χ4v) is 2.70. The number of nitrogens with zero attached hydrogens (tertiary/aromatic N) is 1. The van der Waals surface area contributed by atoms with Gasteiger partial charge in [0.05, 0.1) is 15.2 Å². The minimum Gasteiger partial charge on any atom is -0.310 e. The van der Waals surface area contributed by atoms with E-state index in [9.17, 15) is 9.18 Å². The van der Waals surface area contributed by atoms with Crippen molar-refractivity contribution in [3.05, 3.63) is 27.4 Å². The first-order valence-electron chi connectivity index (χ1n) is 4.62. The van der Waals surface area contributed by atoms with Crippen molar-refractivity contribution in [2.45, 2.75) is 11.7 Å². The van der Waals surface area contributed by atoms with Gasteiger partial charge in [0.2, 0.25) is 5.91 Å². The average molecular weight is 325 g/mol. The van der Waals surface area contributed by atoms with Crippen LogP contribution in [0.4, 0.5) is 10.1 Å². The number of carbonyl (C=O) groups excluding carboxylic acids is 1. The fourth-order valence-electron chi connectivity index (χ4n) is 1.64. The molecule has 86 valence electrons. The van der Waals surface area contributed by atoms with Crippen molar-refractivity contribution < 1.29 is 9.18 Å². The standard InChI is InChI=1S/C10H8BrClFNOS/c11-6-2-7(12)9(3-8(6)13)14-4-5(16)1-10(14)15/h2-3,5,16H,1,4H2. The first-order valence-corrected chi connectivity index (χ1v) is 6.30. The van der Waals surface area contributed by atoms with Gasteiger partial charge in [-0.15, -0.1) is 0 Å². The van der Waals surface area contributed by atoms with Crippen molar-refractivity contribution in [2.24, 2.45) is 0 Å². The topological polar surface area (TPSA) is 20.3 Å². The molecule has 0 saturated carbocycles. The van der Waals surface area contributed by atoms with E-state index in [2.05, 4.69) is 28.6 Å². The minimum atomic E-state index is -0.435. The molecule has 1 aromatic carbocycles.